The third-order valence-electron chi connectivity index (χ3n) is 6.01. The summed E-state index contributed by atoms with van der Waals surface area (Å²) in [5.41, 5.74) is -2.49. The molecular formula is C25H24F6N2O3S. The molecule has 1 N–H and O–H groups in total. The number of halogens is 6. The molecule has 37 heavy (non-hydrogen) atoms. The van der Waals surface area contributed by atoms with Crippen molar-refractivity contribution in [3.8, 4) is 17.4 Å². The highest BCUT2D eigenvalue weighted by molar-refractivity contribution is 7.15. The van der Waals surface area contributed by atoms with Crippen molar-refractivity contribution in [2.45, 2.75) is 44.6 Å². The van der Waals surface area contributed by atoms with Crippen molar-refractivity contribution in [1.29, 1.82) is 0 Å². The first-order valence-electron chi connectivity index (χ1n) is 11.5. The molecule has 1 aliphatic heterocycles. The van der Waals surface area contributed by atoms with Crippen LogP contribution in [0.15, 0.2) is 36.4 Å². The fourth-order valence-electron chi connectivity index (χ4n) is 4.09. The highest BCUT2D eigenvalue weighted by atomic mass is 32.1. The summed E-state index contributed by atoms with van der Waals surface area (Å²) in [6.45, 7) is 1.17. The molecule has 2 heterocycles. The number of aromatic hydroxyl groups is 1. The van der Waals surface area contributed by atoms with Gasteiger partial charge in [-0.25, -0.2) is 0 Å². The second kappa shape index (κ2) is 10.7. The van der Waals surface area contributed by atoms with Crippen molar-refractivity contribution in [3.05, 3.63) is 63.5 Å². The van der Waals surface area contributed by atoms with E-state index in [1.165, 1.54) is 30.9 Å². The summed E-state index contributed by atoms with van der Waals surface area (Å²) in [6, 6.07) is 6.25. The van der Waals surface area contributed by atoms with Gasteiger partial charge < -0.3 is 19.5 Å². The fourth-order valence-corrected chi connectivity index (χ4v) is 5.13. The Morgan fingerprint density at radius 1 is 0.946 bits per heavy atom. The summed E-state index contributed by atoms with van der Waals surface area (Å²) < 4.78 is 89.9. The molecule has 0 unspecified atom stereocenters. The largest absolute Gasteiger partial charge is 0.493 e. The molecule has 1 fully saturated rings. The van der Waals surface area contributed by atoms with E-state index in [1.807, 2.05) is 0 Å². The Balaban J connectivity index is 1.50. The lowest BCUT2D eigenvalue weighted by Gasteiger charge is -2.25. The van der Waals surface area contributed by atoms with E-state index in [0.717, 1.165) is 42.7 Å². The van der Waals surface area contributed by atoms with Crippen LogP contribution in [0.1, 0.15) is 46.4 Å². The third kappa shape index (κ3) is 6.41. The molecule has 5 nitrogen and oxygen atoms in total. The maximum atomic E-state index is 13.4. The first-order chi connectivity index (χ1) is 17.5. The van der Waals surface area contributed by atoms with Crippen LogP contribution in [0.5, 0.6) is 17.4 Å². The molecule has 3 aromatic rings. The molecule has 1 saturated heterocycles. The van der Waals surface area contributed by atoms with E-state index in [4.69, 9.17) is 9.47 Å². The van der Waals surface area contributed by atoms with Crippen molar-refractivity contribution >= 4 is 16.5 Å². The quantitative estimate of drug-likeness (QED) is 0.322. The van der Waals surface area contributed by atoms with Crippen LogP contribution >= 0.6 is 11.3 Å². The Kier molecular flexibility index (Phi) is 7.77. The number of thiazole rings is 1. The van der Waals surface area contributed by atoms with Crippen molar-refractivity contribution in [3.63, 3.8) is 0 Å². The molecule has 0 radical (unpaired) electrons. The average molecular weight is 547 g/mol. The van der Waals surface area contributed by atoms with E-state index >= 15 is 0 Å². The van der Waals surface area contributed by atoms with E-state index in [-0.39, 0.29) is 23.4 Å². The fraction of sp³-hybridized carbons (Fsp3) is 0.400. The Morgan fingerprint density at radius 3 is 2.32 bits per heavy atom. The van der Waals surface area contributed by atoms with Gasteiger partial charge in [0.1, 0.15) is 6.61 Å². The minimum absolute atomic E-state index is 0.0492. The molecule has 0 bridgehead atoms. The number of aromatic nitrogens is 1. The third-order valence-corrected chi connectivity index (χ3v) is 7.12. The van der Waals surface area contributed by atoms with Gasteiger partial charge in [0.05, 0.1) is 23.1 Å². The van der Waals surface area contributed by atoms with Gasteiger partial charge >= 0.3 is 12.4 Å². The Morgan fingerprint density at radius 2 is 1.68 bits per heavy atom. The van der Waals surface area contributed by atoms with Crippen LogP contribution in [-0.2, 0) is 25.4 Å². The number of hydrogen-bond acceptors (Lipinski definition) is 6. The predicted molar refractivity (Wildman–Crippen MR) is 126 cm³/mol. The number of methoxy groups -OCH3 is 1. The zero-order chi connectivity index (χ0) is 26.8. The first-order valence-corrected chi connectivity index (χ1v) is 12.3. The zero-order valence-corrected chi connectivity index (χ0v) is 20.6. The van der Waals surface area contributed by atoms with Crippen LogP contribution in [-0.4, -0.2) is 30.3 Å². The van der Waals surface area contributed by atoms with Crippen LogP contribution in [0.3, 0.4) is 0 Å². The van der Waals surface area contributed by atoms with Gasteiger partial charge in [0.25, 0.3) is 0 Å². The van der Waals surface area contributed by atoms with Gasteiger partial charge in [-0.1, -0.05) is 23.5 Å². The summed E-state index contributed by atoms with van der Waals surface area (Å²) in [6.07, 6.45) is -6.22. The number of rotatable bonds is 7. The molecule has 0 amide bonds. The lowest BCUT2D eigenvalue weighted by Crippen LogP contribution is -2.29. The molecule has 12 heteroatoms. The maximum Gasteiger partial charge on any atom is 0.416 e. The predicted octanol–water partition coefficient (Wildman–Crippen LogP) is 7.06. The van der Waals surface area contributed by atoms with E-state index < -0.39 is 35.6 Å². The van der Waals surface area contributed by atoms with Gasteiger partial charge in [0.15, 0.2) is 16.6 Å². The van der Waals surface area contributed by atoms with Crippen LogP contribution < -0.4 is 14.4 Å². The number of ether oxygens (including phenoxy) is 2. The maximum absolute atomic E-state index is 13.4. The smallest absolute Gasteiger partial charge is 0.416 e. The van der Waals surface area contributed by atoms with E-state index in [0.29, 0.717) is 17.4 Å². The molecule has 4 rings (SSSR count). The highest BCUT2D eigenvalue weighted by Crippen LogP contribution is 2.39. The van der Waals surface area contributed by atoms with Crippen LogP contribution in [0, 0.1) is 0 Å². The van der Waals surface area contributed by atoms with E-state index in [9.17, 15) is 31.4 Å². The van der Waals surface area contributed by atoms with Crippen LogP contribution in [0.4, 0.5) is 31.5 Å². The number of anilines is 1. The molecule has 0 atom stereocenters. The summed E-state index contributed by atoms with van der Waals surface area (Å²) in [4.78, 5) is 7.09. The summed E-state index contributed by atoms with van der Waals surface area (Å²) in [5, 5.41) is 11.1. The number of hydrogen-bond donors (Lipinski definition) is 1. The standard InChI is InChI=1S/C25H24F6N2O3S/c1-35-20-11-15(12-21-22(34)32-23(37-21)33-9-3-2-4-10-33)5-8-19(20)36-14-16-6-7-17(24(26,27)28)13-18(16)25(29,30)31/h5-8,11,13,34H,2-4,9-10,12,14H2,1H3. The Hall–Kier alpha value is -3.15. The van der Waals surface area contributed by atoms with Gasteiger partial charge in [-0.05, 0) is 49.1 Å². The molecule has 0 saturated carbocycles. The van der Waals surface area contributed by atoms with Crippen LogP contribution in [0.25, 0.3) is 0 Å². The number of alkyl halides is 6. The topological polar surface area (TPSA) is 54.8 Å². The number of piperidine rings is 1. The molecule has 0 spiro atoms. The van der Waals surface area contributed by atoms with E-state index in [1.54, 1.807) is 12.1 Å². The van der Waals surface area contributed by atoms with Crippen molar-refractivity contribution in [1.82, 2.24) is 4.98 Å². The second-order valence-corrected chi connectivity index (χ2v) is 9.67. The molecular weight excluding hydrogens is 522 g/mol. The van der Waals surface area contributed by atoms with Crippen molar-refractivity contribution in [2.75, 3.05) is 25.1 Å². The lowest BCUT2D eigenvalue weighted by molar-refractivity contribution is -0.143. The molecule has 1 aliphatic rings. The van der Waals surface area contributed by atoms with Gasteiger partial charge in [0.2, 0.25) is 5.88 Å². The van der Waals surface area contributed by atoms with Crippen molar-refractivity contribution in [2.24, 2.45) is 0 Å². The Bertz CT molecular complexity index is 1240. The van der Waals surface area contributed by atoms with Gasteiger partial charge in [-0.2, -0.15) is 31.3 Å². The molecule has 1 aromatic heterocycles. The monoisotopic (exact) mass is 546 g/mol. The molecule has 0 aliphatic carbocycles. The summed E-state index contributed by atoms with van der Waals surface area (Å²) in [5.74, 6) is 0.312. The highest BCUT2D eigenvalue weighted by Gasteiger charge is 2.38. The summed E-state index contributed by atoms with van der Waals surface area (Å²) in [7, 11) is 1.36. The Labute approximate surface area is 213 Å². The normalized spacial score (nSPS) is 14.6. The van der Waals surface area contributed by atoms with Gasteiger partial charge in [0, 0.05) is 25.1 Å². The molecule has 2 aromatic carbocycles. The van der Waals surface area contributed by atoms with Crippen LogP contribution in [0.2, 0.25) is 0 Å². The minimum atomic E-state index is -4.99. The van der Waals surface area contributed by atoms with Crippen molar-refractivity contribution < 1.29 is 40.9 Å². The lowest BCUT2D eigenvalue weighted by atomic mass is 10.0. The summed E-state index contributed by atoms with van der Waals surface area (Å²) >= 11 is 1.40. The van der Waals surface area contributed by atoms with E-state index in [2.05, 4.69) is 9.88 Å². The minimum Gasteiger partial charge on any atom is -0.493 e. The van der Waals surface area contributed by atoms with Gasteiger partial charge in [-0.15, -0.1) is 0 Å². The first kappa shape index (κ1) is 26.9. The second-order valence-electron chi connectivity index (χ2n) is 8.61. The number of benzene rings is 2. The number of nitrogens with zero attached hydrogens (tertiary/aromatic N) is 2. The van der Waals surface area contributed by atoms with Gasteiger partial charge in [-0.3, -0.25) is 0 Å². The molecule has 200 valence electrons. The SMILES string of the molecule is COc1cc(Cc2sc(N3CCCCC3)nc2O)ccc1OCc1ccc(C(F)(F)F)cc1C(F)(F)F. The zero-order valence-electron chi connectivity index (χ0n) is 19.7. The average Bonchev–Trinajstić information content (AvgIpc) is 3.22.